The van der Waals surface area contributed by atoms with Gasteiger partial charge in [0.15, 0.2) is 11.9 Å². The molecule has 12 heteroatoms. The lowest BCUT2D eigenvalue weighted by atomic mass is 9.89. The van der Waals surface area contributed by atoms with Gasteiger partial charge in [0.1, 0.15) is 18.3 Å². The van der Waals surface area contributed by atoms with Crippen LogP contribution in [-0.2, 0) is 47.6 Å². The van der Waals surface area contributed by atoms with E-state index in [1.807, 2.05) is 0 Å². The minimum absolute atomic E-state index is 0.0492. The number of rotatable bonds is 6. The summed E-state index contributed by atoms with van der Waals surface area (Å²) in [5, 5.41) is 2.67. The second kappa shape index (κ2) is 9.72. The maximum Gasteiger partial charge on any atom is 0.348 e. The molecule has 0 aromatic heterocycles. The zero-order valence-corrected chi connectivity index (χ0v) is 19.2. The van der Waals surface area contributed by atoms with Crippen LogP contribution in [0.2, 0.25) is 0 Å². The van der Waals surface area contributed by atoms with E-state index in [0.717, 1.165) is 7.11 Å². The van der Waals surface area contributed by atoms with Crippen molar-refractivity contribution in [1.29, 1.82) is 0 Å². The second-order valence-corrected chi connectivity index (χ2v) is 8.60. The van der Waals surface area contributed by atoms with Gasteiger partial charge in [-0.1, -0.05) is 0 Å². The van der Waals surface area contributed by atoms with Gasteiger partial charge < -0.3 is 33.7 Å². The first kappa shape index (κ1) is 25.4. The van der Waals surface area contributed by atoms with Crippen molar-refractivity contribution in [2.75, 3.05) is 13.7 Å². The standard InChI is InChI=1S/C19H29NO10S/c1-9(21)20-14-12(27-10(2)22)7-19(31,17(24)25-6)30-16(14)15(28-11(3)23)13-8-26-18(4,5)29-13/h12-16,31H,7-8H2,1-6H3,(H,20,21)/t12-,13+,14+,15+,16+,19-/m0/s1. The van der Waals surface area contributed by atoms with Crippen LogP contribution in [0.25, 0.3) is 0 Å². The molecule has 0 radical (unpaired) electrons. The first-order valence-electron chi connectivity index (χ1n) is 9.70. The predicted octanol–water partition coefficient (Wildman–Crippen LogP) is 0.0940. The molecule has 1 amide bonds. The average Bonchev–Trinajstić information content (AvgIpc) is 2.99. The van der Waals surface area contributed by atoms with Crippen LogP contribution in [0, 0.1) is 0 Å². The van der Waals surface area contributed by atoms with Gasteiger partial charge in [-0.15, -0.1) is 12.6 Å². The largest absolute Gasteiger partial charge is 0.466 e. The lowest BCUT2D eigenvalue weighted by Crippen LogP contribution is -2.67. The maximum atomic E-state index is 12.4. The average molecular weight is 464 g/mol. The minimum Gasteiger partial charge on any atom is -0.466 e. The Hall–Kier alpha value is -1.89. The van der Waals surface area contributed by atoms with Crippen LogP contribution < -0.4 is 5.32 Å². The molecule has 2 aliphatic heterocycles. The molecule has 2 heterocycles. The molecule has 0 saturated carbocycles. The highest BCUT2D eigenvalue weighted by atomic mass is 32.1. The van der Waals surface area contributed by atoms with Crippen LogP contribution >= 0.6 is 12.6 Å². The summed E-state index contributed by atoms with van der Waals surface area (Å²) in [5.41, 5.74) is 0. The Morgan fingerprint density at radius 2 is 1.74 bits per heavy atom. The van der Waals surface area contributed by atoms with Gasteiger partial charge in [0.2, 0.25) is 10.8 Å². The fraction of sp³-hybridized carbons (Fsp3) is 0.789. The monoisotopic (exact) mass is 463 g/mol. The molecule has 0 spiro atoms. The highest BCUT2D eigenvalue weighted by Crippen LogP contribution is 2.39. The van der Waals surface area contributed by atoms with E-state index >= 15 is 0 Å². The Bertz CT molecular complexity index is 728. The second-order valence-electron chi connectivity index (χ2n) is 7.88. The van der Waals surface area contributed by atoms with Crippen LogP contribution in [0.4, 0.5) is 0 Å². The topological polar surface area (TPSA) is 136 Å². The van der Waals surface area contributed by atoms with Crippen molar-refractivity contribution in [3.05, 3.63) is 0 Å². The van der Waals surface area contributed by atoms with Gasteiger partial charge in [-0.2, -0.15) is 0 Å². The lowest BCUT2D eigenvalue weighted by molar-refractivity contribution is -0.224. The molecular weight excluding hydrogens is 434 g/mol. The lowest BCUT2D eigenvalue weighted by Gasteiger charge is -2.47. The third-order valence-corrected chi connectivity index (χ3v) is 5.25. The van der Waals surface area contributed by atoms with Crippen molar-refractivity contribution in [2.45, 2.75) is 82.2 Å². The molecule has 176 valence electrons. The van der Waals surface area contributed by atoms with Gasteiger partial charge in [-0.3, -0.25) is 14.4 Å². The Balaban J connectivity index is 2.52. The number of hydrogen-bond donors (Lipinski definition) is 2. The number of carbonyl (C=O) groups is 4. The first-order chi connectivity index (χ1) is 14.3. The summed E-state index contributed by atoms with van der Waals surface area (Å²) < 4.78 is 33.1. The van der Waals surface area contributed by atoms with Crippen molar-refractivity contribution in [3.63, 3.8) is 0 Å². The van der Waals surface area contributed by atoms with Crippen LogP contribution in [0.5, 0.6) is 0 Å². The molecule has 2 fully saturated rings. The third kappa shape index (κ3) is 6.31. The quantitative estimate of drug-likeness (QED) is 0.317. The Morgan fingerprint density at radius 3 is 2.19 bits per heavy atom. The van der Waals surface area contributed by atoms with Gasteiger partial charge in [-0.25, -0.2) is 4.79 Å². The molecule has 0 aliphatic carbocycles. The van der Waals surface area contributed by atoms with Gasteiger partial charge in [0, 0.05) is 27.2 Å². The van der Waals surface area contributed by atoms with E-state index < -0.39 is 65.0 Å². The van der Waals surface area contributed by atoms with E-state index in [1.165, 1.54) is 20.8 Å². The molecule has 2 aliphatic rings. The number of hydrogen-bond acceptors (Lipinski definition) is 11. The number of thiol groups is 1. The van der Waals surface area contributed by atoms with E-state index in [2.05, 4.69) is 17.9 Å². The molecule has 1 N–H and O–H groups in total. The summed E-state index contributed by atoms with van der Waals surface area (Å²) in [6.45, 7) is 7.07. The fourth-order valence-corrected chi connectivity index (χ4v) is 4.07. The van der Waals surface area contributed by atoms with Crippen LogP contribution in [0.15, 0.2) is 0 Å². The SMILES string of the molecule is COC(=O)[C@@]1(S)C[C@H](OC(C)=O)[C@@H](NC(C)=O)[C@H]([C@H](OC(C)=O)[C@H]2COC(C)(C)O2)O1. The third-order valence-electron chi connectivity index (χ3n) is 4.78. The van der Waals surface area contributed by atoms with Crippen LogP contribution in [0.3, 0.4) is 0 Å². The van der Waals surface area contributed by atoms with Gasteiger partial charge in [0.05, 0.1) is 19.8 Å². The molecule has 31 heavy (non-hydrogen) atoms. The molecule has 6 atom stereocenters. The number of nitrogens with one attached hydrogen (secondary N) is 1. The minimum atomic E-state index is -1.85. The van der Waals surface area contributed by atoms with Crippen LogP contribution in [0.1, 0.15) is 41.0 Å². The summed E-state index contributed by atoms with van der Waals surface area (Å²) in [5.74, 6) is -3.56. The van der Waals surface area contributed by atoms with E-state index in [-0.39, 0.29) is 13.0 Å². The molecule has 0 unspecified atom stereocenters. The molecular formula is C19H29NO10S. The summed E-state index contributed by atoms with van der Waals surface area (Å²) >= 11 is 4.35. The van der Waals surface area contributed by atoms with E-state index in [4.69, 9.17) is 28.4 Å². The van der Waals surface area contributed by atoms with Crippen LogP contribution in [-0.4, -0.2) is 78.7 Å². The maximum absolute atomic E-state index is 12.4. The summed E-state index contributed by atoms with van der Waals surface area (Å²) in [7, 11) is 1.15. The summed E-state index contributed by atoms with van der Waals surface area (Å²) in [6.07, 6.45) is -4.38. The molecule has 2 saturated heterocycles. The summed E-state index contributed by atoms with van der Waals surface area (Å²) in [4.78, 5) is 46.2. The number of carbonyl (C=O) groups excluding carboxylic acids is 4. The van der Waals surface area contributed by atoms with Crippen molar-refractivity contribution < 1.29 is 47.6 Å². The highest BCUT2D eigenvalue weighted by molar-refractivity contribution is 7.82. The number of ether oxygens (including phenoxy) is 6. The molecule has 0 aromatic carbocycles. The van der Waals surface area contributed by atoms with E-state index in [1.54, 1.807) is 13.8 Å². The number of esters is 3. The molecule has 0 aromatic rings. The van der Waals surface area contributed by atoms with Gasteiger partial charge >= 0.3 is 17.9 Å². The summed E-state index contributed by atoms with van der Waals surface area (Å²) in [6, 6.07) is -0.983. The Kier molecular flexibility index (Phi) is 7.95. The van der Waals surface area contributed by atoms with Gasteiger partial charge in [0.25, 0.3) is 0 Å². The normalized spacial score (nSPS) is 33.1. The fourth-order valence-electron chi connectivity index (χ4n) is 3.68. The Labute approximate surface area is 185 Å². The number of amides is 1. The molecule has 2 rings (SSSR count). The zero-order chi connectivity index (χ0) is 23.6. The van der Waals surface area contributed by atoms with E-state index in [9.17, 15) is 19.2 Å². The molecule has 11 nitrogen and oxygen atoms in total. The van der Waals surface area contributed by atoms with E-state index in [0.29, 0.717) is 0 Å². The van der Waals surface area contributed by atoms with Crippen molar-refractivity contribution in [3.8, 4) is 0 Å². The molecule has 0 bridgehead atoms. The predicted molar refractivity (Wildman–Crippen MR) is 107 cm³/mol. The number of methoxy groups -OCH3 is 1. The Morgan fingerprint density at radius 1 is 1.10 bits per heavy atom. The van der Waals surface area contributed by atoms with Crippen molar-refractivity contribution >= 4 is 36.4 Å². The van der Waals surface area contributed by atoms with Crippen molar-refractivity contribution in [2.24, 2.45) is 0 Å². The smallest absolute Gasteiger partial charge is 0.348 e. The van der Waals surface area contributed by atoms with Gasteiger partial charge in [-0.05, 0) is 13.8 Å². The zero-order valence-electron chi connectivity index (χ0n) is 18.3. The highest BCUT2D eigenvalue weighted by Gasteiger charge is 2.57. The van der Waals surface area contributed by atoms with Crippen molar-refractivity contribution in [1.82, 2.24) is 5.32 Å². The first-order valence-corrected chi connectivity index (χ1v) is 10.1.